The maximum absolute atomic E-state index is 12.2. The van der Waals surface area contributed by atoms with Gasteiger partial charge in [-0.05, 0) is 24.8 Å². The molecule has 112 valence electrons. The monoisotopic (exact) mass is 305 g/mol. The maximum Gasteiger partial charge on any atom is 0.329 e. The van der Waals surface area contributed by atoms with Crippen LogP contribution >= 0.6 is 11.8 Å². The van der Waals surface area contributed by atoms with Gasteiger partial charge in [-0.2, -0.15) is 0 Å². The quantitative estimate of drug-likeness (QED) is 0.872. The van der Waals surface area contributed by atoms with Gasteiger partial charge in [-0.3, -0.25) is 4.79 Å². The number of carbonyl (C=O) groups excluding carboxylic acids is 2. The standard InChI is InChI=1S/C16H19NO3S/c18-15(13-10-21-16(19)17-13)20-14-9-5-4-8-12(14)11-6-2-1-3-7-11/h1-3,6-7,12-14H,4-5,8-10H2,(H,17,19)/t12-,13-,14+/m0/s1. The second-order valence-electron chi connectivity index (χ2n) is 5.57. The molecule has 1 aliphatic heterocycles. The molecule has 2 fully saturated rings. The smallest absolute Gasteiger partial charge is 0.329 e. The molecule has 5 heteroatoms. The highest BCUT2D eigenvalue weighted by Crippen LogP contribution is 2.35. The van der Waals surface area contributed by atoms with Crippen LogP contribution in [0.5, 0.6) is 0 Å². The molecule has 0 radical (unpaired) electrons. The van der Waals surface area contributed by atoms with E-state index in [1.54, 1.807) is 0 Å². The van der Waals surface area contributed by atoms with Gasteiger partial charge in [0, 0.05) is 11.7 Å². The summed E-state index contributed by atoms with van der Waals surface area (Å²) in [7, 11) is 0. The molecule has 3 atom stereocenters. The SMILES string of the molecule is O=C1N[C@H](C(=O)O[C@@H]2CCCC[C@H]2c2ccccc2)CS1. The first-order valence-electron chi connectivity index (χ1n) is 7.43. The van der Waals surface area contributed by atoms with Crippen molar-refractivity contribution < 1.29 is 14.3 Å². The lowest BCUT2D eigenvalue weighted by Gasteiger charge is -2.32. The minimum Gasteiger partial charge on any atom is -0.460 e. The van der Waals surface area contributed by atoms with E-state index in [9.17, 15) is 9.59 Å². The Balaban J connectivity index is 1.67. The van der Waals surface area contributed by atoms with Crippen LogP contribution in [-0.4, -0.2) is 29.1 Å². The highest BCUT2D eigenvalue weighted by Gasteiger charge is 2.34. The van der Waals surface area contributed by atoms with E-state index in [0.717, 1.165) is 31.0 Å². The summed E-state index contributed by atoms with van der Waals surface area (Å²) in [5, 5.41) is 2.51. The summed E-state index contributed by atoms with van der Waals surface area (Å²) in [5.41, 5.74) is 1.24. The third-order valence-electron chi connectivity index (χ3n) is 4.16. The van der Waals surface area contributed by atoms with Crippen LogP contribution in [0.25, 0.3) is 0 Å². The predicted molar refractivity (Wildman–Crippen MR) is 82.3 cm³/mol. The first-order chi connectivity index (χ1) is 10.2. The Morgan fingerprint density at radius 2 is 1.95 bits per heavy atom. The molecule has 0 unspecified atom stereocenters. The van der Waals surface area contributed by atoms with Crippen molar-refractivity contribution in [3.8, 4) is 0 Å². The molecule has 0 spiro atoms. The number of rotatable bonds is 3. The van der Waals surface area contributed by atoms with Crippen LogP contribution in [0.1, 0.15) is 37.2 Å². The Bertz CT molecular complexity index is 520. The zero-order valence-electron chi connectivity index (χ0n) is 11.8. The number of thioether (sulfide) groups is 1. The van der Waals surface area contributed by atoms with Crippen molar-refractivity contribution in [2.24, 2.45) is 0 Å². The van der Waals surface area contributed by atoms with Crippen molar-refractivity contribution in [1.82, 2.24) is 5.32 Å². The minimum atomic E-state index is -0.485. The van der Waals surface area contributed by atoms with E-state index < -0.39 is 6.04 Å². The van der Waals surface area contributed by atoms with Crippen molar-refractivity contribution in [1.29, 1.82) is 0 Å². The van der Waals surface area contributed by atoms with E-state index in [1.807, 2.05) is 18.2 Å². The number of esters is 1. The number of hydrogen-bond donors (Lipinski definition) is 1. The molecule has 1 aromatic carbocycles. The van der Waals surface area contributed by atoms with Crippen molar-refractivity contribution in [3.05, 3.63) is 35.9 Å². The normalized spacial score (nSPS) is 29.0. The molecular formula is C16H19NO3S. The fourth-order valence-corrected chi connectivity index (χ4v) is 3.83. The molecule has 0 bridgehead atoms. The molecule has 0 aromatic heterocycles. The van der Waals surface area contributed by atoms with Crippen LogP contribution in [0.4, 0.5) is 4.79 Å². The lowest BCUT2D eigenvalue weighted by Crippen LogP contribution is -2.40. The fraction of sp³-hybridized carbons (Fsp3) is 0.500. The fourth-order valence-electron chi connectivity index (χ4n) is 3.06. The predicted octanol–water partition coefficient (Wildman–Crippen LogP) is 3.08. The van der Waals surface area contributed by atoms with Crippen LogP contribution in [0.15, 0.2) is 30.3 Å². The van der Waals surface area contributed by atoms with E-state index in [1.165, 1.54) is 12.0 Å². The van der Waals surface area contributed by atoms with Gasteiger partial charge in [-0.25, -0.2) is 4.79 Å². The van der Waals surface area contributed by atoms with E-state index in [2.05, 4.69) is 17.4 Å². The molecule has 1 saturated heterocycles. The van der Waals surface area contributed by atoms with Gasteiger partial charge in [0.2, 0.25) is 0 Å². The van der Waals surface area contributed by atoms with Crippen molar-refractivity contribution >= 4 is 23.0 Å². The average Bonchev–Trinajstić information content (AvgIpc) is 2.95. The summed E-state index contributed by atoms with van der Waals surface area (Å²) < 4.78 is 5.72. The molecule has 4 nitrogen and oxygen atoms in total. The topological polar surface area (TPSA) is 55.4 Å². The first-order valence-corrected chi connectivity index (χ1v) is 8.41. The van der Waals surface area contributed by atoms with Gasteiger partial charge in [-0.1, -0.05) is 48.5 Å². The molecule has 1 amide bonds. The third-order valence-corrected chi connectivity index (χ3v) is 5.04. The van der Waals surface area contributed by atoms with Crippen LogP contribution in [0, 0.1) is 0 Å². The van der Waals surface area contributed by atoms with Gasteiger partial charge in [0.1, 0.15) is 12.1 Å². The Hall–Kier alpha value is -1.49. The Morgan fingerprint density at radius 1 is 1.19 bits per heavy atom. The molecule has 1 aliphatic carbocycles. The average molecular weight is 305 g/mol. The summed E-state index contributed by atoms with van der Waals surface area (Å²) in [4.78, 5) is 23.4. The van der Waals surface area contributed by atoms with Crippen LogP contribution in [-0.2, 0) is 9.53 Å². The van der Waals surface area contributed by atoms with Gasteiger partial charge in [0.05, 0.1) is 0 Å². The van der Waals surface area contributed by atoms with Crippen molar-refractivity contribution in [2.45, 2.75) is 43.7 Å². The van der Waals surface area contributed by atoms with Crippen molar-refractivity contribution in [3.63, 3.8) is 0 Å². The molecule has 1 N–H and O–H groups in total. The van der Waals surface area contributed by atoms with E-state index in [0.29, 0.717) is 5.75 Å². The molecule has 1 heterocycles. The van der Waals surface area contributed by atoms with Gasteiger partial charge in [0.25, 0.3) is 5.24 Å². The highest BCUT2D eigenvalue weighted by molar-refractivity contribution is 8.14. The second-order valence-corrected chi connectivity index (χ2v) is 6.57. The number of amides is 1. The van der Waals surface area contributed by atoms with Gasteiger partial charge >= 0.3 is 5.97 Å². The summed E-state index contributed by atoms with van der Waals surface area (Å²) in [6.07, 6.45) is 4.14. The molecule has 1 aromatic rings. The second kappa shape index (κ2) is 6.52. The zero-order chi connectivity index (χ0) is 14.7. The van der Waals surface area contributed by atoms with Crippen LogP contribution in [0.3, 0.4) is 0 Å². The number of nitrogens with one attached hydrogen (secondary N) is 1. The lowest BCUT2D eigenvalue weighted by atomic mass is 9.81. The molecule has 2 aliphatic rings. The Labute approximate surface area is 128 Å². The first kappa shape index (κ1) is 14.4. The Kier molecular flexibility index (Phi) is 4.48. The maximum atomic E-state index is 12.2. The van der Waals surface area contributed by atoms with E-state index in [4.69, 9.17) is 4.74 Å². The van der Waals surface area contributed by atoms with Gasteiger partial charge in [-0.15, -0.1) is 0 Å². The number of ether oxygens (including phenoxy) is 1. The Morgan fingerprint density at radius 3 is 2.67 bits per heavy atom. The third kappa shape index (κ3) is 3.40. The lowest BCUT2D eigenvalue weighted by molar-refractivity contribution is -0.153. The van der Waals surface area contributed by atoms with E-state index in [-0.39, 0.29) is 23.2 Å². The van der Waals surface area contributed by atoms with Gasteiger partial charge in [0.15, 0.2) is 0 Å². The summed E-state index contributed by atoms with van der Waals surface area (Å²) in [6.45, 7) is 0. The van der Waals surface area contributed by atoms with E-state index >= 15 is 0 Å². The largest absolute Gasteiger partial charge is 0.460 e. The molecule has 1 saturated carbocycles. The summed E-state index contributed by atoms with van der Waals surface area (Å²) >= 11 is 1.14. The number of hydrogen-bond acceptors (Lipinski definition) is 4. The van der Waals surface area contributed by atoms with Gasteiger partial charge < -0.3 is 10.1 Å². The molecule has 21 heavy (non-hydrogen) atoms. The highest BCUT2D eigenvalue weighted by atomic mass is 32.2. The molecule has 3 rings (SSSR count). The molecular weight excluding hydrogens is 286 g/mol. The number of carbonyl (C=O) groups is 2. The van der Waals surface area contributed by atoms with Crippen LogP contribution in [0.2, 0.25) is 0 Å². The summed E-state index contributed by atoms with van der Waals surface area (Å²) in [6, 6.07) is 9.76. The minimum absolute atomic E-state index is 0.0730. The number of benzene rings is 1. The zero-order valence-corrected chi connectivity index (χ0v) is 12.6. The van der Waals surface area contributed by atoms with Crippen molar-refractivity contribution in [2.75, 3.05) is 5.75 Å². The summed E-state index contributed by atoms with van der Waals surface area (Å²) in [5.74, 6) is 0.454. The van der Waals surface area contributed by atoms with Crippen LogP contribution < -0.4 is 5.32 Å².